The summed E-state index contributed by atoms with van der Waals surface area (Å²) < 4.78 is 0. The zero-order valence-electron chi connectivity index (χ0n) is 11.2. The number of carboxylic acids is 1. The van der Waals surface area contributed by atoms with E-state index in [1.165, 1.54) is 12.0 Å². The summed E-state index contributed by atoms with van der Waals surface area (Å²) in [6.45, 7) is -0.386. The lowest BCUT2D eigenvalue weighted by molar-refractivity contribution is -0.133. The van der Waals surface area contributed by atoms with Crippen molar-refractivity contribution in [3.63, 3.8) is 0 Å². The fourth-order valence-corrected chi connectivity index (χ4v) is 1.97. The first-order valence-electron chi connectivity index (χ1n) is 6.81. The summed E-state index contributed by atoms with van der Waals surface area (Å²) in [5, 5.41) is 17.5. The van der Waals surface area contributed by atoms with Gasteiger partial charge >= 0.3 is 5.97 Å². The number of carbonyl (C=O) groups is 1. The Hall–Kier alpha value is -1.61. The molecule has 104 valence electrons. The van der Waals surface area contributed by atoms with E-state index < -0.39 is 5.97 Å². The Labute approximate surface area is 114 Å². The third-order valence-electron chi connectivity index (χ3n) is 3.10. The number of aliphatic hydroxyl groups is 1. The largest absolute Gasteiger partial charge is 0.478 e. The molecule has 0 fully saturated rings. The lowest BCUT2D eigenvalue weighted by Gasteiger charge is -2.01. The Bertz CT molecular complexity index is 396. The Kier molecular flexibility index (Phi) is 7.59. The summed E-state index contributed by atoms with van der Waals surface area (Å²) in [4.78, 5) is 10.6. The highest BCUT2D eigenvalue weighted by Crippen LogP contribution is 2.09. The minimum absolute atomic E-state index is 0.101. The van der Waals surface area contributed by atoms with E-state index in [2.05, 4.69) is 24.3 Å². The van der Waals surface area contributed by atoms with Crippen molar-refractivity contribution in [3.05, 3.63) is 47.5 Å². The molecule has 0 unspecified atom stereocenters. The molecule has 1 rings (SSSR count). The van der Waals surface area contributed by atoms with Crippen molar-refractivity contribution in [1.82, 2.24) is 0 Å². The van der Waals surface area contributed by atoms with Crippen molar-refractivity contribution in [2.24, 2.45) is 0 Å². The van der Waals surface area contributed by atoms with Gasteiger partial charge in [0.15, 0.2) is 0 Å². The van der Waals surface area contributed by atoms with Crippen LogP contribution in [0.4, 0.5) is 0 Å². The van der Waals surface area contributed by atoms with E-state index in [0.29, 0.717) is 0 Å². The molecule has 3 heteroatoms. The van der Waals surface area contributed by atoms with E-state index in [1.54, 1.807) is 6.08 Å². The van der Waals surface area contributed by atoms with Crippen LogP contribution in [0.3, 0.4) is 0 Å². The highest BCUT2D eigenvalue weighted by Gasteiger charge is 2.03. The van der Waals surface area contributed by atoms with Crippen LogP contribution >= 0.6 is 0 Å². The summed E-state index contributed by atoms with van der Waals surface area (Å²) in [7, 11) is 0. The van der Waals surface area contributed by atoms with Gasteiger partial charge in [-0.05, 0) is 31.2 Å². The minimum Gasteiger partial charge on any atom is -0.478 e. The van der Waals surface area contributed by atoms with Crippen LogP contribution in [0, 0.1) is 0 Å². The third-order valence-corrected chi connectivity index (χ3v) is 3.10. The van der Waals surface area contributed by atoms with Crippen molar-refractivity contribution in [1.29, 1.82) is 0 Å². The molecule has 0 atom stereocenters. The highest BCUT2D eigenvalue weighted by molar-refractivity contribution is 5.86. The van der Waals surface area contributed by atoms with E-state index in [4.69, 9.17) is 10.2 Å². The van der Waals surface area contributed by atoms with Gasteiger partial charge in [0.1, 0.15) is 0 Å². The van der Waals surface area contributed by atoms with Crippen molar-refractivity contribution in [2.75, 3.05) is 6.61 Å². The molecule has 0 aromatic heterocycles. The predicted octanol–water partition coefficient (Wildman–Crippen LogP) is 3.18. The van der Waals surface area contributed by atoms with Crippen LogP contribution < -0.4 is 0 Å². The summed E-state index contributed by atoms with van der Waals surface area (Å²) in [5.41, 5.74) is 1.47. The molecule has 0 aliphatic rings. The summed E-state index contributed by atoms with van der Waals surface area (Å²) in [6, 6.07) is 10.4. The lowest BCUT2D eigenvalue weighted by Crippen LogP contribution is -2.04. The first kappa shape index (κ1) is 15.4. The summed E-state index contributed by atoms with van der Waals surface area (Å²) in [6.07, 6.45) is 7.86. The van der Waals surface area contributed by atoms with Gasteiger partial charge in [0.05, 0.1) is 12.2 Å². The normalized spacial score (nSPS) is 11.5. The van der Waals surface area contributed by atoms with Crippen LogP contribution in [0.2, 0.25) is 0 Å². The molecule has 0 saturated heterocycles. The van der Waals surface area contributed by atoms with E-state index in [9.17, 15) is 4.79 Å². The average molecular weight is 262 g/mol. The van der Waals surface area contributed by atoms with Crippen LogP contribution in [0.1, 0.15) is 37.7 Å². The standard InChI is InChI=1S/C16H22O3/c17-13-15(16(18)19)12-8-3-1-2-5-9-14-10-6-4-7-11-14/h4,6-7,10-12,17H,1-3,5,8-9,13H2,(H,18,19). The summed E-state index contributed by atoms with van der Waals surface area (Å²) in [5.74, 6) is -1.02. The third kappa shape index (κ3) is 6.77. The van der Waals surface area contributed by atoms with Crippen molar-refractivity contribution in [3.8, 4) is 0 Å². The average Bonchev–Trinajstić information content (AvgIpc) is 2.42. The van der Waals surface area contributed by atoms with Crippen molar-refractivity contribution >= 4 is 5.97 Å². The number of hydrogen-bond donors (Lipinski definition) is 2. The van der Waals surface area contributed by atoms with E-state index in [1.807, 2.05) is 6.07 Å². The van der Waals surface area contributed by atoms with Gasteiger partial charge in [-0.2, -0.15) is 0 Å². The first-order valence-corrected chi connectivity index (χ1v) is 6.81. The van der Waals surface area contributed by atoms with E-state index in [-0.39, 0.29) is 12.2 Å². The number of aryl methyl sites for hydroxylation is 1. The highest BCUT2D eigenvalue weighted by atomic mass is 16.4. The van der Waals surface area contributed by atoms with Crippen LogP contribution in [0.15, 0.2) is 42.0 Å². The Balaban J connectivity index is 2.07. The van der Waals surface area contributed by atoms with E-state index in [0.717, 1.165) is 32.1 Å². The minimum atomic E-state index is -1.02. The molecule has 0 aliphatic heterocycles. The molecule has 1 aromatic rings. The molecule has 0 aliphatic carbocycles. The maximum atomic E-state index is 10.6. The van der Waals surface area contributed by atoms with Gasteiger partial charge in [0, 0.05) is 0 Å². The Morgan fingerprint density at radius 3 is 2.37 bits per heavy atom. The Morgan fingerprint density at radius 2 is 1.74 bits per heavy atom. The van der Waals surface area contributed by atoms with Gasteiger partial charge in [-0.15, -0.1) is 0 Å². The van der Waals surface area contributed by atoms with Gasteiger partial charge in [-0.25, -0.2) is 4.79 Å². The smallest absolute Gasteiger partial charge is 0.333 e. The number of unbranched alkanes of at least 4 members (excludes halogenated alkanes) is 4. The first-order chi connectivity index (χ1) is 9.24. The predicted molar refractivity (Wildman–Crippen MR) is 76.0 cm³/mol. The Morgan fingerprint density at radius 1 is 1.05 bits per heavy atom. The van der Waals surface area contributed by atoms with Gasteiger partial charge in [0.25, 0.3) is 0 Å². The molecule has 0 bridgehead atoms. The van der Waals surface area contributed by atoms with Crippen LogP contribution in [-0.2, 0) is 11.2 Å². The molecule has 0 saturated carbocycles. The maximum absolute atomic E-state index is 10.6. The fourth-order valence-electron chi connectivity index (χ4n) is 1.97. The van der Waals surface area contributed by atoms with Crippen molar-refractivity contribution < 1.29 is 15.0 Å². The maximum Gasteiger partial charge on any atom is 0.333 e. The second kappa shape index (κ2) is 9.34. The van der Waals surface area contributed by atoms with Crippen LogP contribution in [-0.4, -0.2) is 22.8 Å². The zero-order chi connectivity index (χ0) is 13.9. The second-order valence-corrected chi connectivity index (χ2v) is 4.63. The van der Waals surface area contributed by atoms with E-state index >= 15 is 0 Å². The number of aliphatic carboxylic acids is 1. The van der Waals surface area contributed by atoms with Gasteiger partial charge in [0.2, 0.25) is 0 Å². The molecule has 0 radical (unpaired) electrons. The number of allylic oxidation sites excluding steroid dienone is 1. The topological polar surface area (TPSA) is 57.5 Å². The van der Waals surface area contributed by atoms with Crippen LogP contribution in [0.5, 0.6) is 0 Å². The molecular formula is C16H22O3. The van der Waals surface area contributed by atoms with Crippen molar-refractivity contribution in [2.45, 2.75) is 38.5 Å². The van der Waals surface area contributed by atoms with Gasteiger partial charge in [-0.1, -0.05) is 49.2 Å². The number of carboxylic acid groups (broad SMARTS) is 1. The molecule has 19 heavy (non-hydrogen) atoms. The molecule has 2 N–H and O–H groups in total. The van der Waals surface area contributed by atoms with Gasteiger partial charge < -0.3 is 10.2 Å². The SMILES string of the molecule is O=C(O)C(=CCCCCCCc1ccccc1)CO. The second-order valence-electron chi connectivity index (χ2n) is 4.63. The lowest BCUT2D eigenvalue weighted by atomic mass is 10.1. The number of aliphatic hydroxyl groups excluding tert-OH is 1. The molecular weight excluding hydrogens is 240 g/mol. The fraction of sp³-hybridized carbons (Fsp3) is 0.438. The monoisotopic (exact) mass is 262 g/mol. The molecule has 0 spiro atoms. The molecule has 3 nitrogen and oxygen atoms in total. The number of benzene rings is 1. The molecule has 0 amide bonds. The number of rotatable bonds is 9. The zero-order valence-corrected chi connectivity index (χ0v) is 11.2. The van der Waals surface area contributed by atoms with Crippen LogP contribution in [0.25, 0.3) is 0 Å². The number of hydrogen-bond acceptors (Lipinski definition) is 2. The van der Waals surface area contributed by atoms with Gasteiger partial charge in [-0.3, -0.25) is 0 Å². The quantitative estimate of drug-likeness (QED) is 0.531. The molecule has 0 heterocycles. The molecule has 1 aromatic carbocycles. The summed E-state index contributed by atoms with van der Waals surface area (Å²) >= 11 is 0.